The number of hydrogen-bond acceptors (Lipinski definition) is 4. The normalized spacial score (nSPS) is 56.6. The predicted molar refractivity (Wildman–Crippen MR) is 121 cm³/mol. The smallest absolute Gasteiger partial charge is 0.151 e. The van der Waals surface area contributed by atoms with Crippen molar-refractivity contribution in [2.75, 3.05) is 0 Å². The number of carbonyl (C=O) groups excluding carboxylic acids is 1. The number of aliphatic hydroxyl groups excluding tert-OH is 1. The van der Waals surface area contributed by atoms with E-state index in [-0.39, 0.29) is 29.8 Å². The summed E-state index contributed by atoms with van der Waals surface area (Å²) in [4.78, 5) is 18.4. The summed E-state index contributed by atoms with van der Waals surface area (Å²) in [7, 11) is 0. The first-order valence-corrected chi connectivity index (χ1v) is 13.2. The van der Waals surface area contributed by atoms with E-state index in [2.05, 4.69) is 27.7 Å². The number of ketones is 1. The highest BCUT2D eigenvalue weighted by molar-refractivity contribution is 5.93. The molecule has 4 nitrogen and oxygen atoms in total. The molecular weight excluding hydrogens is 386 g/mol. The fourth-order valence-electron chi connectivity index (χ4n) is 9.89. The Morgan fingerprint density at radius 2 is 1.81 bits per heavy atom. The first kappa shape index (κ1) is 20.8. The summed E-state index contributed by atoms with van der Waals surface area (Å²) in [5.74, 6) is 4.19. The average molecular weight is 428 g/mol. The standard InChI is InChI=1S/C27H41NO3/c1-14-11-23-24(28-25(14)31-23)15(2)18-5-6-19-17-13-22(30)21-12-16(29)7-9-27(21,4)20(17)8-10-26(18,19)3/h14-21,23,25,29H,5-13H2,1-4H3/t14?,15?,16-,17-,18+,19-,20-,21+,23?,25?,26+,27+/m0/s1. The van der Waals surface area contributed by atoms with E-state index in [1.807, 2.05) is 0 Å². The lowest BCUT2D eigenvalue weighted by molar-refractivity contribution is -0.159. The highest BCUT2D eigenvalue weighted by Gasteiger charge is 2.63. The van der Waals surface area contributed by atoms with Crippen molar-refractivity contribution in [1.82, 2.24) is 0 Å². The fraction of sp³-hybridized carbons (Fsp3) is 0.926. The summed E-state index contributed by atoms with van der Waals surface area (Å²) in [5, 5.41) is 10.3. The molecule has 1 saturated heterocycles. The predicted octanol–water partition coefficient (Wildman–Crippen LogP) is 5.03. The van der Waals surface area contributed by atoms with Crippen molar-refractivity contribution in [3.05, 3.63) is 0 Å². The number of carbonyl (C=O) groups is 1. The van der Waals surface area contributed by atoms with Gasteiger partial charge in [0.1, 0.15) is 5.78 Å². The molecule has 6 aliphatic rings. The number of nitrogens with zero attached hydrogens (tertiary/aromatic N) is 1. The second kappa shape index (κ2) is 6.88. The van der Waals surface area contributed by atoms with Crippen LogP contribution in [0.1, 0.15) is 85.5 Å². The zero-order valence-corrected chi connectivity index (χ0v) is 19.8. The minimum absolute atomic E-state index is 0.0977. The van der Waals surface area contributed by atoms with E-state index in [4.69, 9.17) is 9.73 Å². The molecule has 2 aliphatic heterocycles. The maximum atomic E-state index is 13.3. The Morgan fingerprint density at radius 1 is 1.06 bits per heavy atom. The monoisotopic (exact) mass is 427 g/mol. The summed E-state index contributed by atoms with van der Waals surface area (Å²) in [6.07, 6.45) is 9.77. The van der Waals surface area contributed by atoms with E-state index in [1.165, 1.54) is 31.4 Å². The highest BCUT2D eigenvalue weighted by Crippen LogP contribution is 2.68. The molecule has 5 fully saturated rings. The summed E-state index contributed by atoms with van der Waals surface area (Å²) in [6.45, 7) is 9.65. The second-order valence-electron chi connectivity index (χ2n) is 12.8. The lowest BCUT2D eigenvalue weighted by atomic mass is 9.44. The zero-order valence-electron chi connectivity index (χ0n) is 19.8. The molecule has 4 saturated carbocycles. The van der Waals surface area contributed by atoms with Gasteiger partial charge in [0.15, 0.2) is 6.23 Å². The second-order valence-corrected chi connectivity index (χ2v) is 12.8. The molecule has 172 valence electrons. The van der Waals surface area contributed by atoms with E-state index in [9.17, 15) is 9.90 Å². The molecule has 31 heavy (non-hydrogen) atoms. The van der Waals surface area contributed by atoms with Gasteiger partial charge in [-0.15, -0.1) is 0 Å². The number of fused-ring (bicyclic) bond motifs is 7. The number of aliphatic imine (C=N–C) groups is 1. The van der Waals surface area contributed by atoms with E-state index >= 15 is 0 Å². The number of aliphatic hydroxyl groups is 1. The molecule has 0 spiro atoms. The van der Waals surface area contributed by atoms with Crippen molar-refractivity contribution in [3.8, 4) is 0 Å². The van der Waals surface area contributed by atoms with Crippen LogP contribution in [0.4, 0.5) is 0 Å². The van der Waals surface area contributed by atoms with Crippen molar-refractivity contribution in [3.63, 3.8) is 0 Å². The van der Waals surface area contributed by atoms with E-state index in [1.54, 1.807) is 0 Å². The van der Waals surface area contributed by atoms with Gasteiger partial charge in [-0.05, 0) is 85.9 Å². The van der Waals surface area contributed by atoms with Gasteiger partial charge in [0, 0.05) is 29.9 Å². The summed E-state index contributed by atoms with van der Waals surface area (Å²) in [6, 6.07) is 0. The van der Waals surface area contributed by atoms with Crippen molar-refractivity contribution in [2.24, 2.45) is 57.2 Å². The Bertz CT molecular complexity index is 808. The topological polar surface area (TPSA) is 58.9 Å². The van der Waals surface area contributed by atoms with Crippen LogP contribution in [0, 0.1) is 52.3 Å². The largest absolute Gasteiger partial charge is 0.393 e. The van der Waals surface area contributed by atoms with Gasteiger partial charge in [-0.2, -0.15) is 0 Å². The van der Waals surface area contributed by atoms with Gasteiger partial charge >= 0.3 is 0 Å². The molecule has 12 atom stereocenters. The minimum Gasteiger partial charge on any atom is -0.393 e. The van der Waals surface area contributed by atoms with Gasteiger partial charge in [-0.1, -0.05) is 27.7 Å². The Morgan fingerprint density at radius 3 is 2.52 bits per heavy atom. The average Bonchev–Trinajstić information content (AvgIpc) is 3.40. The number of hydrogen-bond donors (Lipinski definition) is 1. The van der Waals surface area contributed by atoms with Crippen LogP contribution >= 0.6 is 0 Å². The Kier molecular flexibility index (Phi) is 4.63. The molecule has 4 unspecified atom stereocenters. The maximum absolute atomic E-state index is 13.3. The Hall–Kier alpha value is -0.740. The number of ether oxygens (including phenoxy) is 1. The van der Waals surface area contributed by atoms with Gasteiger partial charge in [-0.3, -0.25) is 9.79 Å². The molecule has 4 heteroatoms. The fourth-order valence-corrected chi connectivity index (χ4v) is 9.89. The van der Waals surface area contributed by atoms with Gasteiger partial charge in [-0.25, -0.2) is 0 Å². The first-order chi connectivity index (χ1) is 14.7. The molecule has 0 aromatic heterocycles. The minimum atomic E-state index is -0.267. The molecule has 6 rings (SSSR count). The van der Waals surface area contributed by atoms with Crippen LogP contribution < -0.4 is 0 Å². The van der Waals surface area contributed by atoms with E-state index in [0.717, 1.165) is 25.7 Å². The SMILES string of the molecule is CC1CC2OC1N=C2C(C)[C@H]1CC[C@H]2[C@@H]3CC(=O)[C@H]4C[C@@H](O)CC[C@]4(C)[C@H]3CC[C@]12C. The van der Waals surface area contributed by atoms with Gasteiger partial charge < -0.3 is 9.84 Å². The lowest BCUT2D eigenvalue weighted by Gasteiger charge is -2.60. The number of Topliss-reactive ketones (excluding diaryl/α,β-unsaturated/α-hetero) is 1. The highest BCUT2D eigenvalue weighted by atomic mass is 16.5. The third-order valence-electron chi connectivity index (χ3n) is 11.6. The molecule has 1 N–H and O–H groups in total. The molecule has 0 radical (unpaired) electrons. The molecule has 4 aliphatic carbocycles. The van der Waals surface area contributed by atoms with Gasteiger partial charge in [0.05, 0.1) is 12.2 Å². The zero-order chi connectivity index (χ0) is 21.7. The molecule has 0 amide bonds. The maximum Gasteiger partial charge on any atom is 0.151 e. The van der Waals surface area contributed by atoms with Gasteiger partial charge in [0.25, 0.3) is 0 Å². The van der Waals surface area contributed by atoms with Crippen molar-refractivity contribution in [2.45, 2.75) is 104 Å². The summed E-state index contributed by atoms with van der Waals surface area (Å²) >= 11 is 0. The van der Waals surface area contributed by atoms with Gasteiger partial charge in [0.2, 0.25) is 0 Å². The summed E-state index contributed by atoms with van der Waals surface area (Å²) < 4.78 is 6.16. The molecule has 2 bridgehead atoms. The summed E-state index contributed by atoms with van der Waals surface area (Å²) in [5.41, 5.74) is 1.79. The van der Waals surface area contributed by atoms with Crippen LogP contribution in [0.25, 0.3) is 0 Å². The molecule has 0 aromatic rings. The third-order valence-corrected chi connectivity index (χ3v) is 11.6. The van der Waals surface area contributed by atoms with E-state index in [0.29, 0.717) is 53.1 Å². The third kappa shape index (κ3) is 2.79. The van der Waals surface area contributed by atoms with Crippen LogP contribution in [0.5, 0.6) is 0 Å². The van der Waals surface area contributed by atoms with Crippen LogP contribution in [0.15, 0.2) is 4.99 Å². The van der Waals surface area contributed by atoms with Crippen molar-refractivity contribution in [1.29, 1.82) is 0 Å². The first-order valence-electron chi connectivity index (χ1n) is 13.2. The quantitative estimate of drug-likeness (QED) is 0.673. The molecule has 0 aromatic carbocycles. The van der Waals surface area contributed by atoms with Crippen LogP contribution in [-0.2, 0) is 9.53 Å². The Balaban J connectivity index is 1.26. The van der Waals surface area contributed by atoms with E-state index < -0.39 is 0 Å². The molecule has 2 heterocycles. The lowest BCUT2D eigenvalue weighted by Crippen LogP contribution is -2.57. The van der Waals surface area contributed by atoms with Crippen LogP contribution in [-0.4, -0.2) is 35.0 Å². The molecular formula is C27H41NO3. The Labute approximate surface area is 187 Å². The van der Waals surface area contributed by atoms with Crippen LogP contribution in [0.3, 0.4) is 0 Å². The van der Waals surface area contributed by atoms with Crippen molar-refractivity contribution < 1.29 is 14.6 Å². The van der Waals surface area contributed by atoms with Crippen molar-refractivity contribution >= 4 is 11.5 Å². The van der Waals surface area contributed by atoms with Crippen LogP contribution in [0.2, 0.25) is 0 Å². The number of rotatable bonds is 2.